The number of nitrogens with one attached hydrogen (secondary N) is 1. The molecule has 0 bridgehead atoms. The molecular formula is C29H31ClN6O3S. The number of aliphatic imine (C=N–C) groups is 1. The van der Waals surface area contributed by atoms with Gasteiger partial charge in [0.15, 0.2) is 10.9 Å². The quantitative estimate of drug-likeness (QED) is 0.171. The number of hydrogen-bond donors (Lipinski definition) is 1. The number of oxime groups is 1. The van der Waals surface area contributed by atoms with Crippen LogP contribution in [0, 0.1) is 25.3 Å². The van der Waals surface area contributed by atoms with Gasteiger partial charge in [-0.05, 0) is 48.2 Å². The molecule has 208 valence electrons. The minimum atomic E-state index is -0.309. The van der Waals surface area contributed by atoms with Crippen molar-refractivity contribution in [2.45, 2.75) is 27.0 Å². The van der Waals surface area contributed by atoms with Gasteiger partial charge in [-0.2, -0.15) is 5.26 Å². The van der Waals surface area contributed by atoms with E-state index in [0.717, 1.165) is 52.0 Å². The molecule has 0 saturated carbocycles. The third kappa shape index (κ3) is 8.73. The van der Waals surface area contributed by atoms with Crippen molar-refractivity contribution >= 4 is 40.1 Å². The molecule has 0 aliphatic carbocycles. The topological polar surface area (TPSA) is 112 Å². The Morgan fingerprint density at radius 2 is 2.02 bits per heavy atom. The molecule has 11 heteroatoms. The number of benzene rings is 2. The zero-order chi connectivity index (χ0) is 28.9. The average Bonchev–Trinajstić information content (AvgIpc) is 3.40. The SMILES string of the molecule is CNC(=O)/C(=N/OC)c1ccccc1COc1cc(C)ccc1C.N#C/N=C1\SCCN1Cc1ccc(Cl)nc1. The first kappa shape index (κ1) is 30.5. The first-order valence-corrected chi connectivity index (χ1v) is 13.8. The fourth-order valence-corrected chi connectivity index (χ4v) is 4.81. The Labute approximate surface area is 243 Å². The summed E-state index contributed by atoms with van der Waals surface area (Å²) in [6.07, 6.45) is 3.57. The minimum absolute atomic E-state index is 0.222. The van der Waals surface area contributed by atoms with Crippen molar-refractivity contribution in [2.24, 2.45) is 10.1 Å². The van der Waals surface area contributed by atoms with E-state index < -0.39 is 0 Å². The molecule has 0 unspecified atom stereocenters. The highest BCUT2D eigenvalue weighted by atomic mass is 35.5. The first-order valence-electron chi connectivity index (χ1n) is 12.4. The van der Waals surface area contributed by atoms with Crippen LogP contribution in [0.1, 0.15) is 27.8 Å². The second kappa shape index (κ2) is 15.5. The number of halogens is 1. The fourth-order valence-electron chi connectivity index (χ4n) is 3.76. The number of ether oxygens (including phenoxy) is 1. The summed E-state index contributed by atoms with van der Waals surface area (Å²) in [5.41, 5.74) is 5.03. The molecule has 9 nitrogen and oxygen atoms in total. The summed E-state index contributed by atoms with van der Waals surface area (Å²) in [4.78, 5) is 26.8. The summed E-state index contributed by atoms with van der Waals surface area (Å²) in [5, 5.41) is 16.3. The van der Waals surface area contributed by atoms with Crippen LogP contribution in [0.15, 0.2) is 70.9 Å². The molecule has 2 aromatic carbocycles. The molecule has 2 heterocycles. The summed E-state index contributed by atoms with van der Waals surface area (Å²) >= 11 is 7.32. The van der Waals surface area contributed by atoms with E-state index in [0.29, 0.717) is 17.3 Å². The maximum atomic E-state index is 12.1. The summed E-state index contributed by atoms with van der Waals surface area (Å²) in [6.45, 7) is 5.99. The number of thioether (sulfide) groups is 1. The zero-order valence-corrected chi connectivity index (χ0v) is 24.4. The normalized spacial score (nSPS) is 13.8. The van der Waals surface area contributed by atoms with Crippen molar-refractivity contribution in [3.05, 3.63) is 93.8 Å². The zero-order valence-electron chi connectivity index (χ0n) is 22.8. The predicted molar refractivity (Wildman–Crippen MR) is 159 cm³/mol. The van der Waals surface area contributed by atoms with E-state index >= 15 is 0 Å². The number of nitriles is 1. The predicted octanol–water partition coefficient (Wildman–Crippen LogP) is 5.10. The Balaban J connectivity index is 0.000000238. The highest BCUT2D eigenvalue weighted by molar-refractivity contribution is 8.14. The van der Waals surface area contributed by atoms with E-state index in [1.54, 1.807) is 31.1 Å². The van der Waals surface area contributed by atoms with Crippen LogP contribution >= 0.6 is 23.4 Å². The summed E-state index contributed by atoms with van der Waals surface area (Å²) in [6, 6.07) is 17.3. The molecule has 3 aromatic rings. The van der Waals surface area contributed by atoms with Crippen LogP contribution in [0.3, 0.4) is 0 Å². The maximum absolute atomic E-state index is 12.1. The van der Waals surface area contributed by atoms with Gasteiger partial charge in [0, 0.05) is 37.7 Å². The van der Waals surface area contributed by atoms with Crippen molar-refractivity contribution in [2.75, 3.05) is 26.5 Å². The van der Waals surface area contributed by atoms with Gasteiger partial charge in [0.2, 0.25) is 6.19 Å². The van der Waals surface area contributed by atoms with Crippen LogP contribution in [0.2, 0.25) is 5.15 Å². The lowest BCUT2D eigenvalue weighted by molar-refractivity contribution is -0.114. The highest BCUT2D eigenvalue weighted by Crippen LogP contribution is 2.22. The summed E-state index contributed by atoms with van der Waals surface area (Å²) < 4.78 is 5.96. The Kier molecular flexibility index (Phi) is 11.8. The number of carbonyl (C=O) groups is 1. The molecule has 1 N–H and O–H groups in total. The van der Waals surface area contributed by atoms with Gasteiger partial charge in [0.1, 0.15) is 24.6 Å². The van der Waals surface area contributed by atoms with Gasteiger partial charge in [-0.3, -0.25) is 4.79 Å². The van der Waals surface area contributed by atoms with Gasteiger partial charge in [-0.25, -0.2) is 4.98 Å². The second-order valence-corrected chi connectivity index (χ2v) is 10.1. The molecule has 1 amide bonds. The molecule has 1 aliphatic heterocycles. The molecule has 0 spiro atoms. The maximum Gasteiger partial charge on any atom is 0.273 e. The van der Waals surface area contributed by atoms with Gasteiger partial charge < -0.3 is 19.8 Å². The number of aryl methyl sites for hydroxylation is 2. The molecule has 1 fully saturated rings. The highest BCUT2D eigenvalue weighted by Gasteiger charge is 2.20. The largest absolute Gasteiger partial charge is 0.489 e. The third-order valence-electron chi connectivity index (χ3n) is 5.79. The monoisotopic (exact) mass is 578 g/mol. The lowest BCUT2D eigenvalue weighted by Gasteiger charge is -2.16. The van der Waals surface area contributed by atoms with Crippen molar-refractivity contribution < 1.29 is 14.4 Å². The molecular weight excluding hydrogens is 548 g/mol. The Morgan fingerprint density at radius 3 is 2.73 bits per heavy atom. The molecule has 1 aliphatic rings. The van der Waals surface area contributed by atoms with Crippen molar-refractivity contribution in [3.63, 3.8) is 0 Å². The summed E-state index contributed by atoms with van der Waals surface area (Å²) in [7, 11) is 2.97. The molecule has 0 radical (unpaired) electrons. The number of aromatic nitrogens is 1. The van der Waals surface area contributed by atoms with Crippen LogP contribution in [0.5, 0.6) is 5.75 Å². The van der Waals surface area contributed by atoms with E-state index in [1.807, 2.05) is 68.6 Å². The second-order valence-electron chi connectivity index (χ2n) is 8.67. The Bertz CT molecular complexity index is 1410. The van der Waals surface area contributed by atoms with E-state index in [1.165, 1.54) is 7.11 Å². The lowest BCUT2D eigenvalue weighted by atomic mass is 10.0. The molecule has 1 saturated heterocycles. The lowest BCUT2D eigenvalue weighted by Crippen LogP contribution is -2.29. The van der Waals surface area contributed by atoms with Crippen LogP contribution in [0.25, 0.3) is 0 Å². The van der Waals surface area contributed by atoms with Gasteiger partial charge in [0.05, 0.1) is 0 Å². The molecule has 4 rings (SSSR count). The van der Waals surface area contributed by atoms with E-state index in [9.17, 15) is 4.79 Å². The number of nitrogens with zero attached hydrogens (tertiary/aromatic N) is 5. The van der Waals surface area contributed by atoms with E-state index in [2.05, 4.69) is 25.3 Å². The standard InChI is InChI=1S/C19H22N2O3.C10H9ClN4S/c1-13-9-10-14(2)17(11-13)24-12-15-7-5-6-8-16(15)18(21-23-4)19(22)20-3;11-9-2-1-8(5-13-9)6-15-3-4-16-10(15)14-7-12/h5-11H,12H2,1-4H3,(H,20,22);1-2,5H,3-4,6H2/b21-18+;14-10-. The van der Waals surface area contributed by atoms with Crippen LogP contribution < -0.4 is 10.1 Å². The molecule has 1 aromatic heterocycles. The van der Waals surface area contributed by atoms with Crippen LogP contribution in [-0.2, 0) is 22.8 Å². The Hall–Kier alpha value is -4.07. The molecule has 40 heavy (non-hydrogen) atoms. The van der Waals surface area contributed by atoms with Crippen molar-refractivity contribution in [1.82, 2.24) is 15.2 Å². The number of hydrogen-bond acceptors (Lipinski definition) is 8. The minimum Gasteiger partial charge on any atom is -0.489 e. The Morgan fingerprint density at radius 1 is 1.23 bits per heavy atom. The number of pyridine rings is 1. The number of likely N-dealkylation sites (N-methyl/N-ethyl adjacent to an activating group) is 1. The summed E-state index contributed by atoms with van der Waals surface area (Å²) in [5.74, 6) is 1.49. The van der Waals surface area contributed by atoms with Crippen LogP contribution in [-0.4, -0.2) is 53.1 Å². The number of carbonyl (C=O) groups excluding carboxylic acids is 1. The smallest absolute Gasteiger partial charge is 0.273 e. The van der Waals surface area contributed by atoms with Gasteiger partial charge >= 0.3 is 0 Å². The third-order valence-corrected chi connectivity index (χ3v) is 7.01. The van der Waals surface area contributed by atoms with Gasteiger partial charge in [-0.15, -0.1) is 4.99 Å². The van der Waals surface area contributed by atoms with Crippen molar-refractivity contribution in [3.8, 4) is 11.9 Å². The number of amides is 1. The number of amidine groups is 1. The average molecular weight is 579 g/mol. The van der Waals surface area contributed by atoms with Gasteiger partial charge in [0.25, 0.3) is 5.91 Å². The fraction of sp³-hybridized carbons (Fsp3) is 0.276. The van der Waals surface area contributed by atoms with E-state index in [4.69, 9.17) is 26.4 Å². The van der Waals surface area contributed by atoms with Gasteiger partial charge in [-0.1, -0.05) is 71.0 Å². The van der Waals surface area contributed by atoms with E-state index in [-0.39, 0.29) is 11.6 Å². The van der Waals surface area contributed by atoms with Crippen LogP contribution in [0.4, 0.5) is 0 Å². The molecule has 0 atom stereocenters. The first-order chi connectivity index (χ1) is 19.4. The number of rotatable bonds is 8. The van der Waals surface area contributed by atoms with Crippen molar-refractivity contribution in [1.29, 1.82) is 5.26 Å².